The number of hydrogen-bond donors (Lipinski definition) is 1. The zero-order chi connectivity index (χ0) is 12.1. The number of hydrogen-bond acceptors (Lipinski definition) is 2. The summed E-state index contributed by atoms with van der Waals surface area (Å²) in [7, 11) is 0. The summed E-state index contributed by atoms with van der Waals surface area (Å²) < 4.78 is 0. The zero-order valence-corrected chi connectivity index (χ0v) is 11.1. The number of nitrogens with zero attached hydrogens (tertiary/aromatic N) is 1. The molecule has 1 N–H and O–H groups in total. The summed E-state index contributed by atoms with van der Waals surface area (Å²) >= 11 is 0. The van der Waals surface area contributed by atoms with Crippen LogP contribution < -0.4 is 5.32 Å². The molecule has 1 aliphatic heterocycles. The summed E-state index contributed by atoms with van der Waals surface area (Å²) in [5.74, 6) is 1.15. The van der Waals surface area contributed by atoms with Crippen molar-refractivity contribution in [3.8, 4) is 0 Å². The highest BCUT2D eigenvalue weighted by Crippen LogP contribution is 2.18. The third-order valence-corrected chi connectivity index (χ3v) is 4.26. The third-order valence-electron chi connectivity index (χ3n) is 4.26. The zero-order valence-electron chi connectivity index (χ0n) is 11.1. The second-order valence-electron chi connectivity index (χ2n) is 5.75. The van der Waals surface area contributed by atoms with Crippen molar-refractivity contribution in [2.75, 3.05) is 19.6 Å². The number of amides is 1. The Morgan fingerprint density at radius 3 is 2.47 bits per heavy atom. The van der Waals surface area contributed by atoms with Crippen LogP contribution in [0, 0.1) is 5.92 Å². The Balaban J connectivity index is 1.60. The summed E-state index contributed by atoms with van der Waals surface area (Å²) in [4.78, 5) is 14.0. The van der Waals surface area contributed by atoms with Crippen molar-refractivity contribution in [3.63, 3.8) is 0 Å². The maximum absolute atomic E-state index is 12.0. The van der Waals surface area contributed by atoms with Gasteiger partial charge in [-0.2, -0.15) is 0 Å². The van der Waals surface area contributed by atoms with Crippen LogP contribution in [0.3, 0.4) is 0 Å². The fourth-order valence-corrected chi connectivity index (χ4v) is 2.93. The van der Waals surface area contributed by atoms with Gasteiger partial charge in [-0.3, -0.25) is 4.79 Å². The van der Waals surface area contributed by atoms with Crippen molar-refractivity contribution in [1.82, 2.24) is 10.2 Å². The molecule has 98 valence electrons. The molecule has 17 heavy (non-hydrogen) atoms. The Hall–Kier alpha value is -0.570. The van der Waals surface area contributed by atoms with Gasteiger partial charge in [-0.25, -0.2) is 0 Å². The van der Waals surface area contributed by atoms with Gasteiger partial charge in [0.25, 0.3) is 0 Å². The number of carbonyl (C=O) groups excluding carboxylic acids is 1. The fraction of sp³-hybridized carbons (Fsp3) is 0.929. The van der Waals surface area contributed by atoms with Crippen molar-refractivity contribution >= 4 is 5.91 Å². The number of rotatable bonds is 4. The van der Waals surface area contributed by atoms with E-state index in [0.717, 1.165) is 25.6 Å². The maximum atomic E-state index is 12.0. The fourth-order valence-electron chi connectivity index (χ4n) is 2.93. The van der Waals surface area contributed by atoms with E-state index in [0.29, 0.717) is 18.4 Å². The average molecular weight is 238 g/mol. The topological polar surface area (TPSA) is 32.3 Å². The molecule has 2 rings (SSSR count). The Kier molecular flexibility index (Phi) is 4.84. The maximum Gasteiger partial charge on any atom is 0.223 e. The van der Waals surface area contributed by atoms with Crippen molar-refractivity contribution in [2.45, 2.75) is 57.9 Å². The lowest BCUT2D eigenvalue weighted by Gasteiger charge is -2.30. The Bertz CT molecular complexity index is 241. The molecular weight excluding hydrogens is 212 g/mol. The van der Waals surface area contributed by atoms with Crippen LogP contribution >= 0.6 is 0 Å². The molecule has 0 unspecified atom stereocenters. The van der Waals surface area contributed by atoms with Crippen LogP contribution in [0.15, 0.2) is 0 Å². The van der Waals surface area contributed by atoms with Gasteiger partial charge in [0.2, 0.25) is 5.91 Å². The van der Waals surface area contributed by atoms with Crippen LogP contribution in [0.2, 0.25) is 0 Å². The first-order chi connectivity index (χ1) is 8.25. The normalized spacial score (nSPS) is 23.2. The molecule has 1 aliphatic carbocycles. The standard InChI is InChI=1S/C14H26N2O/c1-12-7-10-16(11-8-12)14(17)6-9-15-13-4-2-3-5-13/h12-13,15H,2-11H2,1H3. The number of likely N-dealkylation sites (tertiary alicyclic amines) is 1. The predicted molar refractivity (Wildman–Crippen MR) is 69.9 cm³/mol. The molecule has 2 aliphatic rings. The third kappa shape index (κ3) is 3.98. The molecule has 0 atom stereocenters. The Morgan fingerprint density at radius 2 is 1.82 bits per heavy atom. The van der Waals surface area contributed by atoms with Crippen LogP contribution in [0.25, 0.3) is 0 Å². The van der Waals surface area contributed by atoms with E-state index < -0.39 is 0 Å². The lowest BCUT2D eigenvalue weighted by atomic mass is 9.99. The Labute approximate surface area is 105 Å². The van der Waals surface area contributed by atoms with Crippen LogP contribution in [0.5, 0.6) is 0 Å². The van der Waals surface area contributed by atoms with Crippen molar-refractivity contribution in [1.29, 1.82) is 0 Å². The minimum absolute atomic E-state index is 0.349. The van der Waals surface area contributed by atoms with E-state index in [4.69, 9.17) is 0 Å². The van der Waals surface area contributed by atoms with Crippen LogP contribution in [0.4, 0.5) is 0 Å². The molecule has 1 amide bonds. The van der Waals surface area contributed by atoms with Crippen LogP contribution in [-0.2, 0) is 4.79 Å². The minimum atomic E-state index is 0.349. The van der Waals surface area contributed by atoms with E-state index in [1.807, 2.05) is 0 Å². The highest BCUT2D eigenvalue weighted by molar-refractivity contribution is 5.76. The van der Waals surface area contributed by atoms with Gasteiger partial charge < -0.3 is 10.2 Å². The molecule has 0 aromatic heterocycles. The lowest BCUT2D eigenvalue weighted by Crippen LogP contribution is -2.39. The summed E-state index contributed by atoms with van der Waals surface area (Å²) in [6.45, 7) is 5.10. The smallest absolute Gasteiger partial charge is 0.223 e. The molecule has 0 aromatic rings. The number of carbonyl (C=O) groups is 1. The van der Waals surface area contributed by atoms with Gasteiger partial charge in [-0.1, -0.05) is 19.8 Å². The highest BCUT2D eigenvalue weighted by atomic mass is 16.2. The summed E-state index contributed by atoms with van der Waals surface area (Å²) in [6.07, 6.45) is 8.37. The van der Waals surface area contributed by atoms with Gasteiger partial charge >= 0.3 is 0 Å². The van der Waals surface area contributed by atoms with Gasteiger partial charge in [-0.15, -0.1) is 0 Å². The second kappa shape index (κ2) is 6.39. The molecule has 1 heterocycles. The number of piperidine rings is 1. The van der Waals surface area contributed by atoms with Gasteiger partial charge in [0, 0.05) is 32.1 Å². The quantitative estimate of drug-likeness (QED) is 0.814. The molecule has 0 aromatic carbocycles. The molecule has 0 bridgehead atoms. The first-order valence-electron chi connectivity index (χ1n) is 7.27. The monoisotopic (exact) mass is 238 g/mol. The van der Waals surface area contributed by atoms with Crippen molar-refractivity contribution in [3.05, 3.63) is 0 Å². The van der Waals surface area contributed by atoms with Gasteiger partial charge in [0.05, 0.1) is 0 Å². The molecule has 2 fully saturated rings. The van der Waals surface area contributed by atoms with E-state index in [9.17, 15) is 4.79 Å². The first kappa shape index (κ1) is 12.9. The van der Waals surface area contributed by atoms with Crippen molar-refractivity contribution in [2.24, 2.45) is 5.92 Å². The molecule has 1 saturated heterocycles. The molecule has 1 saturated carbocycles. The minimum Gasteiger partial charge on any atom is -0.343 e. The lowest BCUT2D eigenvalue weighted by molar-refractivity contribution is -0.132. The van der Waals surface area contributed by atoms with Crippen LogP contribution in [-0.4, -0.2) is 36.5 Å². The highest BCUT2D eigenvalue weighted by Gasteiger charge is 2.20. The first-order valence-corrected chi connectivity index (χ1v) is 7.27. The van der Waals surface area contributed by atoms with E-state index in [1.165, 1.54) is 38.5 Å². The number of nitrogens with one attached hydrogen (secondary N) is 1. The van der Waals surface area contributed by atoms with E-state index in [1.54, 1.807) is 0 Å². The summed E-state index contributed by atoms with van der Waals surface area (Å²) in [6, 6.07) is 0.684. The van der Waals surface area contributed by atoms with Crippen LogP contribution in [0.1, 0.15) is 51.9 Å². The summed E-state index contributed by atoms with van der Waals surface area (Å²) in [5.41, 5.74) is 0. The molecule has 3 nitrogen and oxygen atoms in total. The van der Waals surface area contributed by atoms with E-state index >= 15 is 0 Å². The molecule has 3 heteroatoms. The predicted octanol–water partition coefficient (Wildman–Crippen LogP) is 2.17. The van der Waals surface area contributed by atoms with Gasteiger partial charge in [0.1, 0.15) is 0 Å². The average Bonchev–Trinajstić information content (AvgIpc) is 2.83. The largest absolute Gasteiger partial charge is 0.343 e. The molecular formula is C14H26N2O. The van der Waals surface area contributed by atoms with E-state index in [2.05, 4.69) is 17.1 Å². The molecule has 0 spiro atoms. The SMILES string of the molecule is CC1CCN(C(=O)CCNC2CCCC2)CC1. The van der Waals surface area contributed by atoms with E-state index in [-0.39, 0.29) is 0 Å². The van der Waals surface area contributed by atoms with Gasteiger partial charge in [0.15, 0.2) is 0 Å². The molecule has 0 radical (unpaired) electrons. The van der Waals surface area contributed by atoms with Crippen molar-refractivity contribution < 1.29 is 4.79 Å². The summed E-state index contributed by atoms with van der Waals surface area (Å²) in [5, 5.41) is 3.51. The van der Waals surface area contributed by atoms with Gasteiger partial charge in [-0.05, 0) is 31.6 Å². The second-order valence-corrected chi connectivity index (χ2v) is 5.75. The Morgan fingerprint density at radius 1 is 1.18 bits per heavy atom.